The number of hydrogen-bond acceptors (Lipinski definition) is 3. The fourth-order valence-corrected chi connectivity index (χ4v) is 3.55. The van der Waals surface area contributed by atoms with Crippen LogP contribution >= 0.6 is 0 Å². The molecule has 0 saturated heterocycles. The van der Waals surface area contributed by atoms with Crippen molar-refractivity contribution >= 4 is 0 Å². The summed E-state index contributed by atoms with van der Waals surface area (Å²) in [5, 5.41) is 13.7. The van der Waals surface area contributed by atoms with Crippen LogP contribution in [0.2, 0.25) is 0 Å². The molecule has 2 aliphatic rings. The summed E-state index contributed by atoms with van der Waals surface area (Å²) in [6.07, 6.45) is 6.43. The molecular formula is C18H27NO2. The number of ether oxygens (including phenoxy) is 1. The third-order valence-electron chi connectivity index (χ3n) is 4.68. The molecule has 3 rings (SSSR count). The van der Waals surface area contributed by atoms with Crippen LogP contribution in [-0.4, -0.2) is 22.9 Å². The van der Waals surface area contributed by atoms with E-state index in [9.17, 15) is 5.11 Å². The van der Waals surface area contributed by atoms with Crippen molar-refractivity contribution in [1.29, 1.82) is 0 Å². The van der Waals surface area contributed by atoms with E-state index in [0.717, 1.165) is 38.0 Å². The second kappa shape index (κ2) is 5.98. The molecule has 1 aliphatic carbocycles. The first-order valence-electron chi connectivity index (χ1n) is 8.26. The number of aliphatic hydroxyl groups excluding tert-OH is 1. The van der Waals surface area contributed by atoms with E-state index in [2.05, 4.69) is 37.4 Å². The van der Waals surface area contributed by atoms with Crippen LogP contribution in [0.5, 0.6) is 5.75 Å². The molecule has 21 heavy (non-hydrogen) atoms. The summed E-state index contributed by atoms with van der Waals surface area (Å²) in [6.45, 7) is 5.09. The van der Waals surface area contributed by atoms with Crippen LogP contribution in [0, 0.1) is 0 Å². The minimum absolute atomic E-state index is 0.0775. The molecule has 0 amide bonds. The maximum absolute atomic E-state index is 10.2. The van der Waals surface area contributed by atoms with E-state index < -0.39 is 0 Å². The lowest BCUT2D eigenvalue weighted by Gasteiger charge is -2.22. The Morgan fingerprint density at radius 3 is 2.90 bits per heavy atom. The molecule has 2 unspecified atom stereocenters. The Hall–Kier alpha value is -1.06. The number of rotatable bonds is 3. The zero-order valence-electron chi connectivity index (χ0n) is 13.2. The predicted octanol–water partition coefficient (Wildman–Crippen LogP) is 3.18. The van der Waals surface area contributed by atoms with E-state index in [1.807, 2.05) is 0 Å². The zero-order valence-corrected chi connectivity index (χ0v) is 13.2. The van der Waals surface area contributed by atoms with Gasteiger partial charge in [0.15, 0.2) is 0 Å². The van der Waals surface area contributed by atoms with Gasteiger partial charge in [0.2, 0.25) is 0 Å². The molecule has 0 bridgehead atoms. The summed E-state index contributed by atoms with van der Waals surface area (Å²) in [7, 11) is 0. The van der Waals surface area contributed by atoms with Crippen LogP contribution in [0.1, 0.15) is 57.1 Å². The molecule has 1 heterocycles. The molecule has 2 atom stereocenters. The van der Waals surface area contributed by atoms with Crippen molar-refractivity contribution in [3.05, 3.63) is 29.3 Å². The molecule has 0 spiro atoms. The quantitative estimate of drug-likeness (QED) is 0.840. The Balaban J connectivity index is 1.61. The normalized spacial score (nSPS) is 27.8. The number of benzene rings is 1. The number of aliphatic hydroxyl groups is 1. The first kappa shape index (κ1) is 14.9. The van der Waals surface area contributed by atoms with Gasteiger partial charge in [0, 0.05) is 19.0 Å². The third-order valence-corrected chi connectivity index (χ3v) is 4.68. The second-order valence-corrected chi connectivity index (χ2v) is 7.17. The van der Waals surface area contributed by atoms with E-state index >= 15 is 0 Å². The van der Waals surface area contributed by atoms with Crippen LogP contribution in [0.4, 0.5) is 0 Å². The van der Waals surface area contributed by atoms with Gasteiger partial charge in [-0.1, -0.05) is 31.4 Å². The number of nitrogens with one attached hydrogen (secondary N) is 1. The van der Waals surface area contributed by atoms with Crippen LogP contribution in [-0.2, 0) is 13.0 Å². The number of fused-ring (bicyclic) bond motifs is 1. The van der Waals surface area contributed by atoms with E-state index in [1.165, 1.54) is 24.0 Å². The van der Waals surface area contributed by atoms with Crippen LogP contribution < -0.4 is 10.1 Å². The van der Waals surface area contributed by atoms with Gasteiger partial charge in [0.1, 0.15) is 11.4 Å². The van der Waals surface area contributed by atoms with Crippen LogP contribution in [0.15, 0.2) is 18.2 Å². The van der Waals surface area contributed by atoms with Crippen molar-refractivity contribution < 1.29 is 9.84 Å². The Bertz CT molecular complexity index is 498. The topological polar surface area (TPSA) is 41.5 Å². The lowest BCUT2D eigenvalue weighted by Crippen LogP contribution is -2.38. The monoisotopic (exact) mass is 289 g/mol. The van der Waals surface area contributed by atoms with Crippen LogP contribution in [0.25, 0.3) is 0 Å². The van der Waals surface area contributed by atoms with Gasteiger partial charge in [-0.3, -0.25) is 0 Å². The molecule has 1 aliphatic heterocycles. The van der Waals surface area contributed by atoms with Gasteiger partial charge in [-0.05, 0) is 43.9 Å². The van der Waals surface area contributed by atoms with Gasteiger partial charge >= 0.3 is 0 Å². The van der Waals surface area contributed by atoms with Gasteiger partial charge in [-0.2, -0.15) is 0 Å². The molecule has 116 valence electrons. The zero-order chi connectivity index (χ0) is 14.9. The van der Waals surface area contributed by atoms with Gasteiger partial charge < -0.3 is 15.2 Å². The van der Waals surface area contributed by atoms with E-state index in [4.69, 9.17) is 4.74 Å². The molecule has 1 fully saturated rings. The Morgan fingerprint density at radius 1 is 1.24 bits per heavy atom. The molecule has 2 N–H and O–H groups in total. The van der Waals surface area contributed by atoms with Crippen molar-refractivity contribution in [2.24, 2.45) is 0 Å². The van der Waals surface area contributed by atoms with Crippen LogP contribution in [0.3, 0.4) is 0 Å². The summed E-state index contributed by atoms with van der Waals surface area (Å²) in [6, 6.07) is 6.72. The van der Waals surface area contributed by atoms with Gasteiger partial charge in [0.25, 0.3) is 0 Å². The highest BCUT2D eigenvalue weighted by Gasteiger charge is 2.30. The highest BCUT2D eigenvalue weighted by molar-refractivity contribution is 5.41. The van der Waals surface area contributed by atoms with E-state index in [1.54, 1.807) is 0 Å². The Kier molecular flexibility index (Phi) is 4.23. The average Bonchev–Trinajstić information content (AvgIpc) is 2.59. The Morgan fingerprint density at radius 2 is 2.05 bits per heavy atom. The number of hydrogen-bond donors (Lipinski definition) is 2. The van der Waals surface area contributed by atoms with E-state index in [0.29, 0.717) is 0 Å². The minimum atomic E-state index is -0.191. The average molecular weight is 289 g/mol. The first-order valence-corrected chi connectivity index (χ1v) is 8.26. The minimum Gasteiger partial charge on any atom is -0.487 e. The lowest BCUT2D eigenvalue weighted by molar-refractivity contribution is 0.119. The van der Waals surface area contributed by atoms with Gasteiger partial charge in [-0.15, -0.1) is 0 Å². The van der Waals surface area contributed by atoms with Crippen molar-refractivity contribution in [1.82, 2.24) is 5.32 Å². The van der Waals surface area contributed by atoms with Crippen molar-refractivity contribution in [2.45, 2.75) is 76.7 Å². The molecule has 1 saturated carbocycles. The van der Waals surface area contributed by atoms with E-state index in [-0.39, 0.29) is 17.7 Å². The van der Waals surface area contributed by atoms with Gasteiger partial charge in [-0.25, -0.2) is 0 Å². The summed E-state index contributed by atoms with van der Waals surface area (Å²) in [5.41, 5.74) is 2.51. The van der Waals surface area contributed by atoms with Crippen molar-refractivity contribution in [3.8, 4) is 5.75 Å². The third kappa shape index (κ3) is 3.58. The smallest absolute Gasteiger partial charge is 0.123 e. The SMILES string of the molecule is CC1(C)Cc2cc(CNC3CCCCCC3O)ccc2O1. The molecule has 1 aromatic carbocycles. The van der Waals surface area contributed by atoms with Gasteiger partial charge in [0.05, 0.1) is 6.10 Å². The molecule has 0 aromatic heterocycles. The van der Waals surface area contributed by atoms with Crippen molar-refractivity contribution in [2.75, 3.05) is 0 Å². The van der Waals surface area contributed by atoms with Crippen molar-refractivity contribution in [3.63, 3.8) is 0 Å². The maximum atomic E-state index is 10.2. The second-order valence-electron chi connectivity index (χ2n) is 7.17. The first-order chi connectivity index (χ1) is 10.0. The summed E-state index contributed by atoms with van der Waals surface area (Å²) in [4.78, 5) is 0. The summed E-state index contributed by atoms with van der Waals surface area (Å²) < 4.78 is 5.92. The highest BCUT2D eigenvalue weighted by atomic mass is 16.5. The molecule has 0 radical (unpaired) electrons. The Labute approximate surface area is 127 Å². The molecule has 3 heteroatoms. The molecular weight excluding hydrogens is 262 g/mol. The fourth-order valence-electron chi connectivity index (χ4n) is 3.55. The standard InChI is InChI=1S/C18H27NO2/c1-18(2)11-14-10-13(8-9-17(14)21-18)12-19-15-6-4-3-5-7-16(15)20/h8-10,15-16,19-20H,3-7,11-12H2,1-2H3. The summed E-state index contributed by atoms with van der Waals surface area (Å²) >= 11 is 0. The predicted molar refractivity (Wildman–Crippen MR) is 84.6 cm³/mol. The largest absolute Gasteiger partial charge is 0.487 e. The molecule has 3 nitrogen and oxygen atoms in total. The summed E-state index contributed by atoms with van der Waals surface area (Å²) in [5.74, 6) is 1.03. The fraction of sp³-hybridized carbons (Fsp3) is 0.667. The highest BCUT2D eigenvalue weighted by Crippen LogP contribution is 2.35. The molecule has 1 aromatic rings. The lowest BCUT2D eigenvalue weighted by atomic mass is 10.00. The maximum Gasteiger partial charge on any atom is 0.123 e.